The van der Waals surface area contributed by atoms with E-state index in [-0.39, 0.29) is 0 Å². The fourth-order valence-electron chi connectivity index (χ4n) is 4.85. The molecule has 0 N–H and O–H groups in total. The van der Waals surface area contributed by atoms with Crippen molar-refractivity contribution in [1.29, 1.82) is 0 Å². The second-order valence-corrected chi connectivity index (χ2v) is 5.49. The molecule has 0 amide bonds. The van der Waals surface area contributed by atoms with Gasteiger partial charge in [0.15, 0.2) is 0 Å². The van der Waals surface area contributed by atoms with Gasteiger partial charge in [0.2, 0.25) is 0 Å². The van der Waals surface area contributed by atoms with Crippen molar-refractivity contribution in [2.45, 2.75) is 38.5 Å². The third kappa shape index (κ3) is 0.471. The minimum atomic E-state index is 0.799. The zero-order chi connectivity index (χ0) is 7.76. The molecule has 0 aromatic heterocycles. The summed E-state index contributed by atoms with van der Waals surface area (Å²) in [5, 5.41) is 0. The predicted octanol–water partition coefficient (Wildman–Crippen LogP) is 3.14. The van der Waals surface area contributed by atoms with Crippen LogP contribution in [0.4, 0.5) is 0 Å². The van der Waals surface area contributed by atoms with E-state index in [1.807, 2.05) is 5.57 Å². The van der Waals surface area contributed by atoms with Crippen molar-refractivity contribution >= 4 is 0 Å². The summed E-state index contributed by atoms with van der Waals surface area (Å²) >= 11 is 0. The fraction of sp³-hybridized carbons (Fsp3) is 0.833. The third-order valence-electron chi connectivity index (χ3n) is 5.23. The van der Waals surface area contributed by atoms with Crippen LogP contribution < -0.4 is 0 Å². The van der Waals surface area contributed by atoms with E-state index in [2.05, 4.69) is 6.08 Å². The number of hydrogen-bond acceptors (Lipinski definition) is 0. The lowest BCUT2D eigenvalue weighted by atomic mass is 9.70. The van der Waals surface area contributed by atoms with Gasteiger partial charge < -0.3 is 0 Å². The molecule has 3 fully saturated rings. The van der Waals surface area contributed by atoms with E-state index in [1.54, 1.807) is 25.7 Å². The van der Waals surface area contributed by atoms with Crippen LogP contribution in [0.15, 0.2) is 11.6 Å². The highest BCUT2D eigenvalue weighted by Gasteiger charge is 2.59. The molecule has 0 heteroatoms. The Balaban J connectivity index is 1.93. The van der Waals surface area contributed by atoms with Crippen LogP contribution in [0.25, 0.3) is 0 Å². The summed E-state index contributed by atoms with van der Waals surface area (Å²) < 4.78 is 0. The third-order valence-corrected chi connectivity index (χ3v) is 5.23. The molecule has 0 aromatic carbocycles. The van der Waals surface area contributed by atoms with Crippen molar-refractivity contribution in [2.24, 2.45) is 23.2 Å². The average Bonchev–Trinajstić information content (AvgIpc) is 2.81. The Labute approximate surface area is 74.0 Å². The maximum Gasteiger partial charge on any atom is -0.00510 e. The second-order valence-electron chi connectivity index (χ2n) is 5.49. The van der Waals surface area contributed by atoms with Gasteiger partial charge in [0, 0.05) is 0 Å². The van der Waals surface area contributed by atoms with Gasteiger partial charge in [0.05, 0.1) is 0 Å². The predicted molar refractivity (Wildman–Crippen MR) is 48.7 cm³/mol. The molecule has 4 aliphatic rings. The molecule has 4 rings (SSSR count). The Kier molecular flexibility index (Phi) is 0.865. The molecule has 0 unspecified atom stereocenters. The summed E-state index contributed by atoms with van der Waals surface area (Å²) in [7, 11) is 0. The van der Waals surface area contributed by atoms with Crippen LogP contribution in [0.1, 0.15) is 38.5 Å². The van der Waals surface area contributed by atoms with E-state index in [1.165, 1.54) is 12.8 Å². The molecular formula is C12H16. The summed E-state index contributed by atoms with van der Waals surface area (Å²) in [5.74, 6) is 3.20. The summed E-state index contributed by atoms with van der Waals surface area (Å²) in [6, 6.07) is 0. The fourth-order valence-corrected chi connectivity index (χ4v) is 4.85. The highest BCUT2D eigenvalue weighted by atomic mass is 14.6. The highest BCUT2D eigenvalue weighted by molar-refractivity contribution is 5.36. The SMILES string of the molecule is C1=C2[C@H]3CC[C@@H](C3)[C@@]23CC[C@H]1C3. The molecule has 0 heterocycles. The Bertz CT molecular complexity index is 276. The molecule has 4 bridgehead atoms. The normalized spacial score (nSPS) is 59.3. The molecule has 4 aliphatic carbocycles. The molecule has 3 saturated carbocycles. The molecule has 4 atom stereocenters. The van der Waals surface area contributed by atoms with Gasteiger partial charge in [-0.15, -0.1) is 0 Å². The first-order valence-corrected chi connectivity index (χ1v) is 5.61. The van der Waals surface area contributed by atoms with E-state index >= 15 is 0 Å². The van der Waals surface area contributed by atoms with Crippen molar-refractivity contribution in [3.8, 4) is 0 Å². The van der Waals surface area contributed by atoms with Crippen LogP contribution in [0.2, 0.25) is 0 Å². The number of rotatable bonds is 0. The second kappa shape index (κ2) is 1.66. The van der Waals surface area contributed by atoms with E-state index in [0.29, 0.717) is 0 Å². The summed E-state index contributed by atoms with van der Waals surface area (Å²) in [6.07, 6.45) is 12.0. The molecule has 0 nitrogen and oxygen atoms in total. The van der Waals surface area contributed by atoms with Crippen LogP contribution in [-0.4, -0.2) is 0 Å². The lowest BCUT2D eigenvalue weighted by molar-refractivity contribution is 0.243. The first-order valence-electron chi connectivity index (χ1n) is 5.61. The molecule has 0 aromatic rings. The van der Waals surface area contributed by atoms with E-state index in [4.69, 9.17) is 0 Å². The highest BCUT2D eigenvalue weighted by Crippen LogP contribution is 2.70. The maximum atomic E-state index is 2.67. The van der Waals surface area contributed by atoms with Gasteiger partial charge in [-0.3, -0.25) is 0 Å². The van der Waals surface area contributed by atoms with Gasteiger partial charge in [-0.1, -0.05) is 11.6 Å². The average molecular weight is 160 g/mol. The monoisotopic (exact) mass is 160 g/mol. The number of allylic oxidation sites excluding steroid dienone is 2. The largest absolute Gasteiger partial charge is 0.0813 e. The van der Waals surface area contributed by atoms with Crippen molar-refractivity contribution in [3.63, 3.8) is 0 Å². The Morgan fingerprint density at radius 1 is 1.25 bits per heavy atom. The molecule has 1 spiro atoms. The minimum absolute atomic E-state index is 0.799. The van der Waals surface area contributed by atoms with Gasteiger partial charge in [-0.2, -0.15) is 0 Å². The van der Waals surface area contributed by atoms with Crippen LogP contribution in [-0.2, 0) is 0 Å². The topological polar surface area (TPSA) is 0 Å². The molecule has 0 radical (unpaired) electrons. The van der Waals surface area contributed by atoms with Gasteiger partial charge >= 0.3 is 0 Å². The first kappa shape index (κ1) is 6.23. The van der Waals surface area contributed by atoms with Gasteiger partial charge in [-0.05, 0) is 61.7 Å². The van der Waals surface area contributed by atoms with E-state index in [9.17, 15) is 0 Å². The molecule has 0 aliphatic heterocycles. The van der Waals surface area contributed by atoms with Crippen molar-refractivity contribution < 1.29 is 0 Å². The standard InChI is InChI=1S/C12H16/c1-2-10-6-9(1)11-5-8-3-4-12(10,11)7-8/h5,8-10H,1-4,6-7H2/t8-,9+,10+,12+/m1/s1. The molecule has 0 saturated heterocycles. The van der Waals surface area contributed by atoms with Crippen molar-refractivity contribution in [3.05, 3.63) is 11.6 Å². The molecular weight excluding hydrogens is 144 g/mol. The molecule has 64 valence electrons. The summed E-state index contributed by atoms with van der Waals surface area (Å²) in [6.45, 7) is 0. The van der Waals surface area contributed by atoms with Gasteiger partial charge in [-0.25, -0.2) is 0 Å². The van der Waals surface area contributed by atoms with E-state index < -0.39 is 0 Å². The summed E-state index contributed by atoms with van der Waals surface area (Å²) in [4.78, 5) is 0. The first-order chi connectivity index (χ1) is 5.88. The Hall–Kier alpha value is -0.260. The quantitative estimate of drug-likeness (QED) is 0.477. The molecule has 12 heavy (non-hydrogen) atoms. The van der Waals surface area contributed by atoms with Crippen LogP contribution in [0.5, 0.6) is 0 Å². The Morgan fingerprint density at radius 3 is 3.08 bits per heavy atom. The van der Waals surface area contributed by atoms with Gasteiger partial charge in [0.1, 0.15) is 0 Å². The van der Waals surface area contributed by atoms with Gasteiger partial charge in [0.25, 0.3) is 0 Å². The van der Waals surface area contributed by atoms with Crippen LogP contribution in [0, 0.1) is 23.2 Å². The zero-order valence-electron chi connectivity index (χ0n) is 7.55. The lowest BCUT2D eigenvalue weighted by Gasteiger charge is -2.34. The zero-order valence-corrected chi connectivity index (χ0v) is 7.55. The smallest absolute Gasteiger partial charge is 0.00510 e. The van der Waals surface area contributed by atoms with Crippen LogP contribution >= 0.6 is 0 Å². The number of hydrogen-bond donors (Lipinski definition) is 0. The summed E-state index contributed by atoms with van der Waals surface area (Å²) in [5.41, 5.74) is 2.74. The number of fused-ring (bicyclic) bond motifs is 4. The lowest BCUT2D eigenvalue weighted by Crippen LogP contribution is -2.25. The van der Waals surface area contributed by atoms with Crippen molar-refractivity contribution in [2.75, 3.05) is 0 Å². The minimum Gasteiger partial charge on any atom is -0.0813 e. The van der Waals surface area contributed by atoms with Crippen LogP contribution in [0.3, 0.4) is 0 Å². The van der Waals surface area contributed by atoms with Crippen molar-refractivity contribution in [1.82, 2.24) is 0 Å². The maximum absolute atomic E-state index is 2.67. The Morgan fingerprint density at radius 2 is 2.25 bits per heavy atom. The van der Waals surface area contributed by atoms with E-state index in [0.717, 1.165) is 23.2 Å².